The van der Waals surface area contributed by atoms with Crippen LogP contribution in [-0.2, 0) is 4.79 Å². The molecule has 0 aromatic rings. The molecule has 1 saturated heterocycles. The molecule has 3 nitrogen and oxygen atoms in total. The Morgan fingerprint density at radius 1 is 1.24 bits per heavy atom. The first-order valence-corrected chi connectivity index (χ1v) is 6.69. The zero-order valence-corrected chi connectivity index (χ0v) is 11.6. The fourth-order valence-corrected chi connectivity index (χ4v) is 2.69. The van der Waals surface area contributed by atoms with Crippen molar-refractivity contribution in [3.8, 4) is 0 Å². The quantitative estimate of drug-likeness (QED) is 0.804. The van der Waals surface area contributed by atoms with Gasteiger partial charge in [0.1, 0.15) is 0 Å². The molecule has 0 spiro atoms. The number of carboxylic acid groups (broad SMARTS) is 1. The standard InChI is InChI=1S/C9H17N.C4H8O2.ClH/c1-2-6-9-8(4-1)5-3-7-10-9;1-2-3-4(5)6;/h8-10H,1-7H2;2-3H2,1H3,(H,5,6);1H/t8-,9+;;/m0../s1. The van der Waals surface area contributed by atoms with Crippen molar-refractivity contribution in [2.24, 2.45) is 5.92 Å². The Kier molecular flexibility index (Phi) is 9.56. The van der Waals surface area contributed by atoms with Gasteiger partial charge in [-0.1, -0.05) is 19.8 Å². The summed E-state index contributed by atoms with van der Waals surface area (Å²) in [6.45, 7) is 3.12. The fraction of sp³-hybridized carbons (Fsp3) is 0.923. The lowest BCUT2D eigenvalue weighted by Gasteiger charge is -2.36. The Labute approximate surface area is 111 Å². The molecule has 2 N–H and O–H groups in total. The molecule has 17 heavy (non-hydrogen) atoms. The number of hydrogen-bond acceptors (Lipinski definition) is 2. The maximum Gasteiger partial charge on any atom is 0.303 e. The monoisotopic (exact) mass is 263 g/mol. The van der Waals surface area contributed by atoms with E-state index >= 15 is 0 Å². The number of carbonyl (C=O) groups is 1. The Balaban J connectivity index is 0.000000324. The van der Waals surface area contributed by atoms with Gasteiger partial charge in [-0.15, -0.1) is 12.4 Å². The van der Waals surface area contributed by atoms with E-state index in [0.29, 0.717) is 6.42 Å². The van der Waals surface area contributed by atoms with Gasteiger partial charge in [0, 0.05) is 12.5 Å². The van der Waals surface area contributed by atoms with Crippen molar-refractivity contribution in [3.63, 3.8) is 0 Å². The summed E-state index contributed by atoms with van der Waals surface area (Å²) < 4.78 is 0. The van der Waals surface area contributed by atoms with Crippen LogP contribution in [0, 0.1) is 5.92 Å². The molecule has 0 aromatic heterocycles. The average molecular weight is 264 g/mol. The molecule has 1 aliphatic heterocycles. The summed E-state index contributed by atoms with van der Waals surface area (Å²) in [4.78, 5) is 9.60. The van der Waals surface area contributed by atoms with E-state index in [1.54, 1.807) is 0 Å². The van der Waals surface area contributed by atoms with Gasteiger partial charge in [-0.25, -0.2) is 0 Å². The van der Waals surface area contributed by atoms with E-state index in [9.17, 15) is 4.79 Å². The van der Waals surface area contributed by atoms with Crippen molar-refractivity contribution in [1.29, 1.82) is 0 Å². The van der Waals surface area contributed by atoms with Gasteiger partial charge >= 0.3 is 5.97 Å². The molecular weight excluding hydrogens is 238 g/mol. The van der Waals surface area contributed by atoms with Gasteiger partial charge in [0.15, 0.2) is 0 Å². The third-order valence-electron chi connectivity index (χ3n) is 3.53. The predicted molar refractivity (Wildman–Crippen MR) is 72.8 cm³/mol. The minimum atomic E-state index is -0.711. The number of piperidine rings is 1. The topological polar surface area (TPSA) is 49.3 Å². The maximum atomic E-state index is 9.60. The van der Waals surface area contributed by atoms with Crippen LogP contribution in [0.15, 0.2) is 0 Å². The first-order valence-electron chi connectivity index (χ1n) is 6.69. The number of carboxylic acids is 1. The van der Waals surface area contributed by atoms with E-state index in [2.05, 4.69) is 5.32 Å². The molecule has 0 radical (unpaired) electrons. The zero-order chi connectivity index (χ0) is 11.8. The second-order valence-electron chi connectivity index (χ2n) is 4.89. The van der Waals surface area contributed by atoms with Gasteiger partial charge in [0.05, 0.1) is 0 Å². The van der Waals surface area contributed by atoms with Crippen LogP contribution >= 0.6 is 12.4 Å². The molecule has 0 amide bonds. The molecule has 2 fully saturated rings. The van der Waals surface area contributed by atoms with Crippen LogP contribution in [0.5, 0.6) is 0 Å². The van der Waals surface area contributed by atoms with Crippen LogP contribution in [0.25, 0.3) is 0 Å². The van der Waals surface area contributed by atoms with E-state index in [1.807, 2.05) is 6.92 Å². The van der Waals surface area contributed by atoms with E-state index in [1.165, 1.54) is 45.1 Å². The zero-order valence-electron chi connectivity index (χ0n) is 10.8. The lowest BCUT2D eigenvalue weighted by molar-refractivity contribution is -0.137. The van der Waals surface area contributed by atoms with Gasteiger partial charge < -0.3 is 10.4 Å². The van der Waals surface area contributed by atoms with Crippen molar-refractivity contribution >= 4 is 18.4 Å². The second-order valence-corrected chi connectivity index (χ2v) is 4.89. The number of hydrogen-bond donors (Lipinski definition) is 2. The summed E-state index contributed by atoms with van der Waals surface area (Å²) >= 11 is 0. The number of fused-ring (bicyclic) bond motifs is 1. The molecule has 1 saturated carbocycles. The van der Waals surface area contributed by atoms with Crippen LogP contribution < -0.4 is 5.32 Å². The SMILES string of the molecule is C1CC[C@H]2NCCC[C@@H]2C1.CCCC(=O)O.Cl. The van der Waals surface area contributed by atoms with E-state index < -0.39 is 5.97 Å². The van der Waals surface area contributed by atoms with Crippen molar-refractivity contribution in [2.45, 2.75) is 64.3 Å². The minimum Gasteiger partial charge on any atom is -0.481 e. The van der Waals surface area contributed by atoms with Crippen LogP contribution in [0.4, 0.5) is 0 Å². The lowest BCUT2D eigenvalue weighted by atomic mass is 9.80. The van der Waals surface area contributed by atoms with Crippen molar-refractivity contribution < 1.29 is 9.90 Å². The number of halogens is 1. The van der Waals surface area contributed by atoms with Gasteiger partial charge in [-0.05, 0) is 44.6 Å². The highest BCUT2D eigenvalue weighted by Crippen LogP contribution is 2.30. The largest absolute Gasteiger partial charge is 0.481 e. The molecular formula is C13H26ClNO2. The first kappa shape index (κ1) is 16.7. The van der Waals surface area contributed by atoms with Gasteiger partial charge in [0.2, 0.25) is 0 Å². The third-order valence-corrected chi connectivity index (χ3v) is 3.53. The highest BCUT2D eigenvalue weighted by molar-refractivity contribution is 5.85. The highest BCUT2D eigenvalue weighted by Gasteiger charge is 2.26. The summed E-state index contributed by atoms with van der Waals surface area (Å²) in [6.07, 6.45) is 9.84. The minimum absolute atomic E-state index is 0. The Hall–Kier alpha value is -0.280. The fourth-order valence-electron chi connectivity index (χ4n) is 2.69. The molecule has 0 bridgehead atoms. The molecule has 1 heterocycles. The van der Waals surface area contributed by atoms with Crippen LogP contribution in [0.3, 0.4) is 0 Å². The highest BCUT2D eigenvalue weighted by atomic mass is 35.5. The van der Waals surface area contributed by atoms with Gasteiger partial charge in [0.25, 0.3) is 0 Å². The van der Waals surface area contributed by atoms with Crippen molar-refractivity contribution in [2.75, 3.05) is 6.54 Å². The molecule has 1 aliphatic carbocycles. The predicted octanol–water partition coefficient (Wildman–Crippen LogP) is 3.22. The Morgan fingerprint density at radius 2 is 1.88 bits per heavy atom. The summed E-state index contributed by atoms with van der Waals surface area (Å²) in [6, 6.07) is 0.905. The van der Waals surface area contributed by atoms with E-state index in [-0.39, 0.29) is 12.4 Å². The van der Waals surface area contributed by atoms with Gasteiger partial charge in [-0.3, -0.25) is 4.79 Å². The van der Waals surface area contributed by atoms with Crippen molar-refractivity contribution in [1.82, 2.24) is 5.32 Å². The van der Waals surface area contributed by atoms with Crippen LogP contribution in [0.2, 0.25) is 0 Å². The Morgan fingerprint density at radius 3 is 2.41 bits per heavy atom. The number of nitrogens with one attached hydrogen (secondary N) is 1. The number of aliphatic carboxylic acids is 1. The first-order chi connectivity index (χ1) is 7.74. The molecule has 2 rings (SSSR count). The van der Waals surface area contributed by atoms with Crippen molar-refractivity contribution in [3.05, 3.63) is 0 Å². The van der Waals surface area contributed by atoms with E-state index in [0.717, 1.165) is 18.4 Å². The lowest BCUT2D eigenvalue weighted by Crippen LogP contribution is -2.42. The average Bonchev–Trinajstić information content (AvgIpc) is 2.30. The van der Waals surface area contributed by atoms with Crippen LogP contribution in [-0.4, -0.2) is 23.7 Å². The summed E-state index contributed by atoms with van der Waals surface area (Å²) in [5, 5.41) is 11.5. The second kappa shape index (κ2) is 9.72. The summed E-state index contributed by atoms with van der Waals surface area (Å²) in [7, 11) is 0. The maximum absolute atomic E-state index is 9.60. The normalized spacial score (nSPS) is 26.9. The summed E-state index contributed by atoms with van der Waals surface area (Å²) in [5.41, 5.74) is 0. The molecule has 2 atom stereocenters. The molecule has 2 aliphatic rings. The van der Waals surface area contributed by atoms with Gasteiger partial charge in [-0.2, -0.15) is 0 Å². The van der Waals surface area contributed by atoms with Crippen LogP contribution in [0.1, 0.15) is 58.3 Å². The molecule has 0 unspecified atom stereocenters. The summed E-state index contributed by atoms with van der Waals surface area (Å²) in [5.74, 6) is 0.333. The van der Waals surface area contributed by atoms with E-state index in [4.69, 9.17) is 5.11 Å². The third kappa shape index (κ3) is 6.89. The molecule has 4 heteroatoms. The molecule has 102 valence electrons. The smallest absolute Gasteiger partial charge is 0.303 e. The number of rotatable bonds is 2. The molecule has 0 aromatic carbocycles. The Bertz CT molecular complexity index is 186.